The van der Waals surface area contributed by atoms with E-state index in [1.807, 2.05) is 9.80 Å². The molecule has 2 atom stereocenters. The minimum atomic E-state index is -0.437. The lowest BCUT2D eigenvalue weighted by Gasteiger charge is -2.45. The van der Waals surface area contributed by atoms with E-state index in [9.17, 15) is 9.59 Å². The Labute approximate surface area is 170 Å². The van der Waals surface area contributed by atoms with Crippen LogP contribution in [0.3, 0.4) is 0 Å². The average Bonchev–Trinajstić information content (AvgIpc) is 3.16. The van der Waals surface area contributed by atoms with E-state index in [-0.39, 0.29) is 18.1 Å². The first-order chi connectivity index (χ1) is 14.0. The first kappa shape index (κ1) is 19.5. The molecule has 1 aromatic carbocycles. The van der Waals surface area contributed by atoms with Gasteiger partial charge in [0.15, 0.2) is 5.58 Å². The Morgan fingerprint density at radius 1 is 1.07 bits per heavy atom. The van der Waals surface area contributed by atoms with Crippen molar-refractivity contribution in [3.8, 4) is 0 Å². The maximum absolute atomic E-state index is 12.9. The number of hydrogen-bond acceptors (Lipinski definition) is 6. The van der Waals surface area contributed by atoms with Crippen molar-refractivity contribution >= 4 is 29.1 Å². The number of ether oxygens (including phenoxy) is 1. The highest BCUT2D eigenvalue weighted by molar-refractivity contribution is 6.01. The van der Waals surface area contributed by atoms with E-state index in [1.54, 1.807) is 18.2 Å². The third-order valence-corrected chi connectivity index (χ3v) is 5.85. The summed E-state index contributed by atoms with van der Waals surface area (Å²) in [4.78, 5) is 35.6. The minimum Gasteiger partial charge on any atom is -0.465 e. The number of carbonyl (C=O) groups is 2. The predicted molar refractivity (Wildman–Crippen MR) is 109 cm³/mol. The molecule has 2 amide bonds. The van der Waals surface area contributed by atoms with Crippen LogP contribution in [0.5, 0.6) is 0 Å². The number of anilines is 1. The molecule has 0 radical (unpaired) electrons. The summed E-state index contributed by atoms with van der Waals surface area (Å²) < 4.78 is 10.8. The normalized spacial score (nSPS) is 22.8. The van der Waals surface area contributed by atoms with Crippen LogP contribution >= 0.6 is 0 Å². The number of para-hydroxylation sites is 1. The van der Waals surface area contributed by atoms with E-state index in [0.29, 0.717) is 35.8 Å². The van der Waals surface area contributed by atoms with Crippen LogP contribution in [-0.2, 0) is 4.74 Å². The zero-order valence-corrected chi connectivity index (χ0v) is 17.3. The second-order valence-corrected chi connectivity index (χ2v) is 7.98. The summed E-state index contributed by atoms with van der Waals surface area (Å²) in [5, 5.41) is 0. The number of methoxy groups -OCH3 is 1. The first-order valence-corrected chi connectivity index (χ1v) is 10.3. The van der Waals surface area contributed by atoms with Gasteiger partial charge in [-0.15, -0.1) is 0 Å². The summed E-state index contributed by atoms with van der Waals surface area (Å²) in [6.45, 7) is 7.07. The largest absolute Gasteiger partial charge is 0.465 e. The van der Waals surface area contributed by atoms with Crippen LogP contribution in [0.15, 0.2) is 22.6 Å². The molecule has 2 aliphatic heterocycles. The minimum absolute atomic E-state index is 0.0436. The van der Waals surface area contributed by atoms with E-state index in [4.69, 9.17) is 9.15 Å². The molecule has 2 saturated heterocycles. The van der Waals surface area contributed by atoms with Crippen molar-refractivity contribution in [1.29, 1.82) is 0 Å². The zero-order chi connectivity index (χ0) is 20.5. The molecule has 29 heavy (non-hydrogen) atoms. The Hall–Kier alpha value is -2.77. The molecule has 0 unspecified atom stereocenters. The number of esters is 1. The fraction of sp³-hybridized carbons (Fsp3) is 0.571. The Kier molecular flexibility index (Phi) is 5.34. The van der Waals surface area contributed by atoms with Crippen molar-refractivity contribution in [3.05, 3.63) is 23.8 Å². The summed E-state index contributed by atoms with van der Waals surface area (Å²) in [5.74, 6) is -0.437. The second-order valence-electron chi connectivity index (χ2n) is 7.98. The molecule has 2 aliphatic rings. The van der Waals surface area contributed by atoms with Crippen LogP contribution in [-0.4, -0.2) is 72.2 Å². The number of fused-ring (bicyclic) bond motifs is 1. The molecule has 2 fully saturated rings. The van der Waals surface area contributed by atoms with Crippen LogP contribution in [0, 0.1) is 0 Å². The fourth-order valence-electron chi connectivity index (χ4n) is 4.46. The number of urea groups is 1. The van der Waals surface area contributed by atoms with Crippen LogP contribution < -0.4 is 4.90 Å². The highest BCUT2D eigenvalue weighted by Gasteiger charge is 2.36. The molecular weight excluding hydrogens is 372 g/mol. The number of carbonyl (C=O) groups excluding carboxylic acids is 2. The molecule has 0 bridgehead atoms. The molecule has 0 spiro atoms. The maximum Gasteiger partial charge on any atom is 0.340 e. The van der Waals surface area contributed by atoms with E-state index >= 15 is 0 Å². The Morgan fingerprint density at radius 3 is 2.41 bits per heavy atom. The summed E-state index contributed by atoms with van der Waals surface area (Å²) in [6, 6.07) is 5.93. The number of likely N-dealkylation sites (tertiary alicyclic amines) is 1. The van der Waals surface area contributed by atoms with Gasteiger partial charge in [0.1, 0.15) is 5.52 Å². The Balaban J connectivity index is 1.55. The molecular formula is C21H28N4O4. The number of oxazole rings is 1. The fourth-order valence-corrected chi connectivity index (χ4v) is 4.46. The maximum atomic E-state index is 12.9. The standard InChI is InChI=1S/C21H28N4O4/c1-14-12-24(21(27)23-10-5-4-6-11-23)13-15(2)25(14)20-22-18-16(19(26)28-3)8-7-9-17(18)29-20/h7-9,14-15H,4-6,10-13H2,1-3H3/t14-,15-/m0/s1. The van der Waals surface area contributed by atoms with Crippen molar-refractivity contribution in [3.63, 3.8) is 0 Å². The number of rotatable bonds is 2. The van der Waals surface area contributed by atoms with Gasteiger partial charge in [0.25, 0.3) is 6.01 Å². The third-order valence-electron chi connectivity index (χ3n) is 5.85. The third kappa shape index (κ3) is 3.63. The topological polar surface area (TPSA) is 79.1 Å². The summed E-state index contributed by atoms with van der Waals surface area (Å²) in [5.41, 5.74) is 1.44. The van der Waals surface area contributed by atoms with Crippen molar-refractivity contribution in [2.45, 2.75) is 45.2 Å². The molecule has 156 valence electrons. The van der Waals surface area contributed by atoms with Gasteiger partial charge in [-0.1, -0.05) is 6.07 Å². The molecule has 0 N–H and O–H groups in total. The van der Waals surface area contributed by atoms with Crippen LogP contribution in [0.1, 0.15) is 43.5 Å². The van der Waals surface area contributed by atoms with Crippen LogP contribution in [0.25, 0.3) is 11.1 Å². The quantitative estimate of drug-likeness (QED) is 0.721. The summed E-state index contributed by atoms with van der Waals surface area (Å²) in [7, 11) is 1.35. The van der Waals surface area contributed by atoms with Gasteiger partial charge in [-0.2, -0.15) is 4.98 Å². The Morgan fingerprint density at radius 2 is 1.76 bits per heavy atom. The van der Waals surface area contributed by atoms with Gasteiger partial charge in [-0.25, -0.2) is 9.59 Å². The van der Waals surface area contributed by atoms with Crippen molar-refractivity contribution in [1.82, 2.24) is 14.8 Å². The molecule has 0 aliphatic carbocycles. The van der Waals surface area contributed by atoms with Crippen LogP contribution in [0.2, 0.25) is 0 Å². The summed E-state index contributed by atoms with van der Waals surface area (Å²) >= 11 is 0. The van der Waals surface area contributed by atoms with Gasteiger partial charge in [0.2, 0.25) is 0 Å². The predicted octanol–water partition coefficient (Wildman–Crippen LogP) is 3.12. The highest BCUT2D eigenvalue weighted by Crippen LogP contribution is 2.30. The van der Waals surface area contributed by atoms with Gasteiger partial charge in [0, 0.05) is 38.3 Å². The molecule has 3 heterocycles. The van der Waals surface area contributed by atoms with Gasteiger partial charge in [0.05, 0.1) is 12.7 Å². The highest BCUT2D eigenvalue weighted by atomic mass is 16.5. The van der Waals surface area contributed by atoms with Crippen molar-refractivity contribution < 1.29 is 18.7 Å². The number of amides is 2. The van der Waals surface area contributed by atoms with E-state index in [0.717, 1.165) is 25.9 Å². The van der Waals surface area contributed by atoms with Crippen molar-refractivity contribution in [2.24, 2.45) is 0 Å². The van der Waals surface area contributed by atoms with Crippen molar-refractivity contribution in [2.75, 3.05) is 38.2 Å². The number of hydrogen-bond donors (Lipinski definition) is 0. The van der Waals surface area contributed by atoms with Gasteiger partial charge in [-0.05, 0) is 45.2 Å². The molecule has 0 saturated carbocycles. The first-order valence-electron chi connectivity index (χ1n) is 10.3. The Bertz CT molecular complexity index is 893. The number of piperazine rings is 1. The molecule has 8 heteroatoms. The lowest BCUT2D eigenvalue weighted by atomic mass is 10.1. The second kappa shape index (κ2) is 7.93. The average molecular weight is 400 g/mol. The monoisotopic (exact) mass is 400 g/mol. The zero-order valence-electron chi connectivity index (χ0n) is 17.3. The van der Waals surface area contributed by atoms with E-state index < -0.39 is 5.97 Å². The number of benzene rings is 1. The molecule has 1 aromatic heterocycles. The van der Waals surface area contributed by atoms with Crippen LogP contribution in [0.4, 0.5) is 10.8 Å². The van der Waals surface area contributed by atoms with E-state index in [2.05, 4.69) is 23.7 Å². The van der Waals surface area contributed by atoms with Gasteiger partial charge < -0.3 is 23.9 Å². The van der Waals surface area contributed by atoms with E-state index in [1.165, 1.54) is 13.5 Å². The number of aromatic nitrogens is 1. The van der Waals surface area contributed by atoms with Gasteiger partial charge >= 0.3 is 12.0 Å². The summed E-state index contributed by atoms with van der Waals surface area (Å²) in [6.07, 6.45) is 3.38. The lowest BCUT2D eigenvalue weighted by Crippen LogP contribution is -2.60. The SMILES string of the molecule is COC(=O)c1cccc2oc(N3[C@@H](C)CN(C(=O)N4CCCCC4)C[C@@H]3C)nc12. The number of piperidine rings is 1. The lowest BCUT2D eigenvalue weighted by molar-refractivity contribution is 0.0602. The van der Waals surface area contributed by atoms with Gasteiger partial charge in [-0.3, -0.25) is 0 Å². The molecule has 8 nitrogen and oxygen atoms in total. The smallest absolute Gasteiger partial charge is 0.340 e. The molecule has 4 rings (SSSR count). The molecule has 2 aromatic rings. The number of nitrogens with zero attached hydrogens (tertiary/aromatic N) is 4.